The van der Waals surface area contributed by atoms with E-state index in [4.69, 9.17) is 0 Å². The molecule has 2 nitrogen and oxygen atoms in total. The summed E-state index contributed by atoms with van der Waals surface area (Å²) >= 11 is 0. The van der Waals surface area contributed by atoms with Gasteiger partial charge in [-0.25, -0.2) is 0 Å². The largest absolute Gasteiger partial charge is 0.391 e. The SMILES string of the molecule is CN(CCNC1CC1)CC1CCCC(C(F)(F)F)C1. The highest BCUT2D eigenvalue weighted by Gasteiger charge is 2.42. The van der Waals surface area contributed by atoms with Crippen LogP contribution >= 0.6 is 0 Å². The molecule has 2 fully saturated rings. The van der Waals surface area contributed by atoms with E-state index >= 15 is 0 Å². The Balaban J connectivity index is 1.65. The first kappa shape index (κ1) is 15.1. The lowest BCUT2D eigenvalue weighted by Crippen LogP contribution is -2.37. The maximum atomic E-state index is 12.7. The lowest BCUT2D eigenvalue weighted by Gasteiger charge is -2.33. The minimum Gasteiger partial charge on any atom is -0.313 e. The van der Waals surface area contributed by atoms with Gasteiger partial charge in [0.15, 0.2) is 0 Å². The molecule has 2 rings (SSSR count). The number of alkyl halides is 3. The zero-order valence-corrected chi connectivity index (χ0v) is 11.7. The van der Waals surface area contributed by atoms with Crippen molar-refractivity contribution in [3.8, 4) is 0 Å². The van der Waals surface area contributed by atoms with Gasteiger partial charge in [0.1, 0.15) is 0 Å². The van der Waals surface area contributed by atoms with Gasteiger partial charge in [-0.05, 0) is 45.1 Å². The summed E-state index contributed by atoms with van der Waals surface area (Å²) < 4.78 is 38.2. The van der Waals surface area contributed by atoms with Gasteiger partial charge >= 0.3 is 6.18 Å². The van der Waals surface area contributed by atoms with E-state index in [1.54, 1.807) is 0 Å². The first-order chi connectivity index (χ1) is 8.95. The summed E-state index contributed by atoms with van der Waals surface area (Å²) in [6.07, 6.45) is 0.886. The van der Waals surface area contributed by atoms with Crippen LogP contribution in [-0.4, -0.2) is 43.8 Å². The molecule has 19 heavy (non-hydrogen) atoms. The van der Waals surface area contributed by atoms with Crippen molar-refractivity contribution in [2.75, 3.05) is 26.7 Å². The Hall–Kier alpha value is -0.290. The summed E-state index contributed by atoms with van der Waals surface area (Å²) in [5.74, 6) is -0.851. The second-order valence-electron chi connectivity index (χ2n) is 6.26. The Bertz CT molecular complexity index is 276. The highest BCUT2D eigenvalue weighted by molar-refractivity contribution is 4.82. The average molecular weight is 278 g/mol. The Labute approximate surface area is 113 Å². The van der Waals surface area contributed by atoms with Crippen molar-refractivity contribution in [2.24, 2.45) is 11.8 Å². The van der Waals surface area contributed by atoms with Crippen LogP contribution in [-0.2, 0) is 0 Å². The van der Waals surface area contributed by atoms with Crippen molar-refractivity contribution in [2.45, 2.75) is 50.7 Å². The minimum absolute atomic E-state index is 0.214. The Kier molecular flexibility index (Phi) is 5.12. The first-order valence-corrected chi connectivity index (χ1v) is 7.44. The number of hydrogen-bond donors (Lipinski definition) is 1. The fourth-order valence-corrected chi connectivity index (χ4v) is 3.03. The topological polar surface area (TPSA) is 15.3 Å². The lowest BCUT2D eigenvalue weighted by molar-refractivity contribution is -0.186. The van der Waals surface area contributed by atoms with Crippen LogP contribution < -0.4 is 5.32 Å². The van der Waals surface area contributed by atoms with Crippen LogP contribution in [0.3, 0.4) is 0 Å². The van der Waals surface area contributed by atoms with Crippen LogP contribution in [0.1, 0.15) is 38.5 Å². The summed E-state index contributed by atoms with van der Waals surface area (Å²) in [4.78, 5) is 2.18. The summed E-state index contributed by atoms with van der Waals surface area (Å²) in [5, 5.41) is 3.44. The third-order valence-electron chi connectivity index (χ3n) is 4.32. The summed E-state index contributed by atoms with van der Waals surface area (Å²) in [6, 6.07) is 0.706. The number of nitrogens with one attached hydrogen (secondary N) is 1. The molecule has 112 valence electrons. The molecule has 0 aliphatic heterocycles. The first-order valence-electron chi connectivity index (χ1n) is 7.44. The molecule has 5 heteroatoms. The minimum atomic E-state index is -4.00. The van der Waals surface area contributed by atoms with Gasteiger partial charge in [-0.15, -0.1) is 0 Å². The van der Waals surface area contributed by atoms with Gasteiger partial charge in [0.25, 0.3) is 0 Å². The van der Waals surface area contributed by atoms with Gasteiger partial charge in [0.2, 0.25) is 0 Å². The van der Waals surface area contributed by atoms with E-state index in [9.17, 15) is 13.2 Å². The smallest absolute Gasteiger partial charge is 0.313 e. The second-order valence-corrected chi connectivity index (χ2v) is 6.26. The molecule has 0 amide bonds. The molecule has 0 aromatic rings. The highest BCUT2D eigenvalue weighted by Crippen LogP contribution is 2.39. The molecule has 0 radical (unpaired) electrons. The Morgan fingerprint density at radius 3 is 2.53 bits per heavy atom. The van der Waals surface area contributed by atoms with E-state index in [1.807, 2.05) is 7.05 Å². The molecule has 0 aromatic carbocycles. The van der Waals surface area contributed by atoms with Gasteiger partial charge in [-0.2, -0.15) is 13.2 Å². The predicted octanol–water partition coefficient (Wildman–Crippen LogP) is 3.04. The molecule has 0 spiro atoms. The number of hydrogen-bond acceptors (Lipinski definition) is 2. The predicted molar refractivity (Wildman–Crippen MR) is 70.0 cm³/mol. The van der Waals surface area contributed by atoms with Crippen molar-refractivity contribution in [1.29, 1.82) is 0 Å². The monoisotopic (exact) mass is 278 g/mol. The van der Waals surface area contributed by atoms with Gasteiger partial charge < -0.3 is 10.2 Å². The van der Waals surface area contributed by atoms with Crippen LogP contribution in [0.2, 0.25) is 0 Å². The molecule has 0 aromatic heterocycles. The molecular weight excluding hydrogens is 253 g/mol. The van der Waals surface area contributed by atoms with Gasteiger partial charge in [0, 0.05) is 25.7 Å². The van der Waals surface area contributed by atoms with E-state index in [0.29, 0.717) is 18.9 Å². The third kappa shape index (κ3) is 5.30. The average Bonchev–Trinajstić information content (AvgIpc) is 3.12. The lowest BCUT2D eigenvalue weighted by atomic mass is 9.81. The molecule has 2 atom stereocenters. The number of rotatable bonds is 6. The van der Waals surface area contributed by atoms with Gasteiger partial charge in [-0.1, -0.05) is 6.42 Å². The standard InChI is InChI=1S/C14H25F3N2/c1-19(8-7-18-13-5-6-13)10-11-3-2-4-12(9-11)14(15,16)17/h11-13,18H,2-10H2,1H3. The van der Waals surface area contributed by atoms with Gasteiger partial charge in [-0.3, -0.25) is 0 Å². The normalized spacial score (nSPS) is 28.9. The van der Waals surface area contributed by atoms with Crippen molar-refractivity contribution in [3.63, 3.8) is 0 Å². The fraction of sp³-hybridized carbons (Fsp3) is 1.00. The number of halogens is 3. The van der Waals surface area contributed by atoms with Crippen LogP contribution in [0.15, 0.2) is 0 Å². The van der Waals surface area contributed by atoms with E-state index in [1.165, 1.54) is 12.8 Å². The fourth-order valence-electron chi connectivity index (χ4n) is 3.03. The molecule has 0 heterocycles. The van der Waals surface area contributed by atoms with Crippen LogP contribution in [0.4, 0.5) is 13.2 Å². The molecular formula is C14H25F3N2. The van der Waals surface area contributed by atoms with E-state index in [0.717, 1.165) is 32.5 Å². The molecule has 0 bridgehead atoms. The maximum Gasteiger partial charge on any atom is 0.391 e. The second kappa shape index (κ2) is 6.44. The third-order valence-corrected chi connectivity index (χ3v) is 4.32. The quantitative estimate of drug-likeness (QED) is 0.803. The van der Waals surface area contributed by atoms with Crippen LogP contribution in [0, 0.1) is 11.8 Å². The molecule has 2 unspecified atom stereocenters. The highest BCUT2D eigenvalue weighted by atomic mass is 19.4. The van der Waals surface area contributed by atoms with E-state index < -0.39 is 12.1 Å². The zero-order valence-electron chi connectivity index (χ0n) is 11.7. The molecule has 1 N–H and O–H groups in total. The maximum absolute atomic E-state index is 12.7. The zero-order chi connectivity index (χ0) is 13.9. The Morgan fingerprint density at radius 1 is 1.16 bits per heavy atom. The summed E-state index contributed by atoms with van der Waals surface area (Å²) in [6.45, 7) is 2.69. The molecule has 2 aliphatic carbocycles. The van der Waals surface area contributed by atoms with Gasteiger partial charge in [0.05, 0.1) is 5.92 Å². The number of likely N-dealkylation sites (N-methyl/N-ethyl adjacent to an activating group) is 1. The van der Waals surface area contributed by atoms with E-state index in [-0.39, 0.29) is 5.92 Å². The molecule has 0 saturated heterocycles. The van der Waals surface area contributed by atoms with Crippen molar-refractivity contribution >= 4 is 0 Å². The van der Waals surface area contributed by atoms with Crippen molar-refractivity contribution in [3.05, 3.63) is 0 Å². The van der Waals surface area contributed by atoms with Crippen LogP contribution in [0.5, 0.6) is 0 Å². The van der Waals surface area contributed by atoms with Crippen molar-refractivity contribution in [1.82, 2.24) is 10.2 Å². The van der Waals surface area contributed by atoms with Crippen LogP contribution in [0.25, 0.3) is 0 Å². The summed E-state index contributed by atoms with van der Waals surface area (Å²) in [5.41, 5.74) is 0. The number of nitrogens with zero attached hydrogens (tertiary/aromatic N) is 1. The molecule has 2 aliphatic rings. The molecule has 2 saturated carbocycles. The van der Waals surface area contributed by atoms with E-state index in [2.05, 4.69) is 10.2 Å². The van der Waals surface area contributed by atoms with Crippen molar-refractivity contribution < 1.29 is 13.2 Å². The Morgan fingerprint density at radius 2 is 1.89 bits per heavy atom. The summed E-state index contributed by atoms with van der Waals surface area (Å²) in [7, 11) is 2.02.